The van der Waals surface area contributed by atoms with Gasteiger partial charge in [0.25, 0.3) is 5.56 Å². The van der Waals surface area contributed by atoms with Crippen molar-refractivity contribution in [3.8, 4) is 11.8 Å². The molecule has 0 spiro atoms. The summed E-state index contributed by atoms with van der Waals surface area (Å²) in [5, 5.41) is 20.2. The number of fused-ring (bicyclic) bond motifs is 4. The van der Waals surface area contributed by atoms with Crippen molar-refractivity contribution in [2.75, 3.05) is 0 Å². The molecule has 0 bridgehead atoms. The van der Waals surface area contributed by atoms with Crippen molar-refractivity contribution in [3.63, 3.8) is 0 Å². The van der Waals surface area contributed by atoms with Gasteiger partial charge in [0.05, 0.1) is 16.5 Å². The van der Waals surface area contributed by atoms with Gasteiger partial charge in [-0.2, -0.15) is 5.26 Å². The fourth-order valence-electron chi connectivity index (χ4n) is 3.95. The average Bonchev–Trinajstić information content (AvgIpc) is 3.12. The van der Waals surface area contributed by atoms with E-state index in [9.17, 15) is 20.0 Å². The zero-order valence-corrected chi connectivity index (χ0v) is 16.1. The molecule has 5 rings (SSSR count). The van der Waals surface area contributed by atoms with Crippen LogP contribution in [0.1, 0.15) is 44.8 Å². The number of ketones is 1. The lowest BCUT2D eigenvalue weighted by atomic mass is 9.97. The third-order valence-electron chi connectivity index (χ3n) is 5.36. The first-order valence-corrected chi connectivity index (χ1v) is 10.1. The SMILES string of the molecule is N#Cc1cc(C(=O)c2ccccc2O)cn2c(=O)c3c4c(sc3nc12)CCCC4. The minimum absolute atomic E-state index is 0.116. The number of carbonyl (C=O) groups is 1. The Morgan fingerprint density at radius 2 is 2.03 bits per heavy atom. The number of hydrogen-bond donors (Lipinski definition) is 1. The first-order chi connectivity index (χ1) is 14.1. The molecule has 1 N–H and O–H groups in total. The Hall–Kier alpha value is -3.50. The van der Waals surface area contributed by atoms with Crippen LogP contribution in [0.5, 0.6) is 5.75 Å². The lowest BCUT2D eigenvalue weighted by molar-refractivity contribution is 0.103. The molecule has 0 saturated carbocycles. The minimum atomic E-state index is -0.458. The van der Waals surface area contributed by atoms with Crippen molar-refractivity contribution >= 4 is 33.0 Å². The number of benzene rings is 1. The van der Waals surface area contributed by atoms with E-state index in [1.54, 1.807) is 12.1 Å². The number of carbonyl (C=O) groups excluding carboxylic acids is 1. The zero-order chi connectivity index (χ0) is 20.1. The third kappa shape index (κ3) is 2.64. The standard InChI is InChI=1S/C22H15N3O3S/c23-10-12-9-13(19(27)14-5-1-3-7-16(14)26)11-25-20(12)24-21-18(22(25)28)15-6-2-4-8-17(15)29-21/h1,3,5,7,9,11,26H,2,4,6,8H2. The molecule has 142 valence electrons. The maximum Gasteiger partial charge on any atom is 0.266 e. The number of hydrogen-bond acceptors (Lipinski definition) is 6. The lowest BCUT2D eigenvalue weighted by Gasteiger charge is -2.10. The van der Waals surface area contributed by atoms with Gasteiger partial charge in [0.1, 0.15) is 16.6 Å². The van der Waals surface area contributed by atoms with Gasteiger partial charge in [0.2, 0.25) is 0 Å². The van der Waals surface area contributed by atoms with Gasteiger partial charge in [-0.15, -0.1) is 11.3 Å². The summed E-state index contributed by atoms with van der Waals surface area (Å²) in [5.74, 6) is -0.607. The zero-order valence-electron chi connectivity index (χ0n) is 15.3. The lowest BCUT2D eigenvalue weighted by Crippen LogP contribution is -2.18. The number of aromatic hydroxyl groups is 1. The van der Waals surface area contributed by atoms with E-state index in [2.05, 4.69) is 11.1 Å². The highest BCUT2D eigenvalue weighted by molar-refractivity contribution is 7.18. The van der Waals surface area contributed by atoms with E-state index in [0.29, 0.717) is 10.2 Å². The van der Waals surface area contributed by atoms with Crippen molar-refractivity contribution in [1.29, 1.82) is 5.26 Å². The van der Waals surface area contributed by atoms with Gasteiger partial charge in [0.15, 0.2) is 11.4 Å². The van der Waals surface area contributed by atoms with Crippen LogP contribution in [0.2, 0.25) is 0 Å². The Bertz CT molecular complexity index is 1430. The number of nitriles is 1. The topological polar surface area (TPSA) is 95.5 Å². The monoisotopic (exact) mass is 401 g/mol. The highest BCUT2D eigenvalue weighted by atomic mass is 32.1. The molecule has 0 aliphatic heterocycles. The molecule has 0 saturated heterocycles. The Morgan fingerprint density at radius 3 is 2.83 bits per heavy atom. The van der Waals surface area contributed by atoms with Gasteiger partial charge in [-0.3, -0.25) is 14.0 Å². The molecule has 1 aromatic carbocycles. The van der Waals surface area contributed by atoms with Crippen LogP contribution in [0.15, 0.2) is 41.3 Å². The van der Waals surface area contributed by atoms with Gasteiger partial charge < -0.3 is 5.11 Å². The summed E-state index contributed by atoms with van der Waals surface area (Å²) in [7, 11) is 0. The van der Waals surface area contributed by atoms with Crippen LogP contribution in [-0.4, -0.2) is 20.3 Å². The number of phenolic OH excluding ortho intramolecular Hbond substituents is 1. The molecule has 0 unspecified atom stereocenters. The molecule has 1 aliphatic carbocycles. The summed E-state index contributed by atoms with van der Waals surface area (Å²) in [6.45, 7) is 0. The van der Waals surface area contributed by atoms with E-state index in [1.807, 2.05) is 0 Å². The number of pyridine rings is 1. The number of aryl methyl sites for hydroxylation is 2. The highest BCUT2D eigenvalue weighted by Crippen LogP contribution is 2.34. The predicted octanol–water partition coefficient (Wildman–Crippen LogP) is 3.60. The van der Waals surface area contributed by atoms with Gasteiger partial charge >= 0.3 is 0 Å². The summed E-state index contributed by atoms with van der Waals surface area (Å²) in [4.78, 5) is 32.7. The van der Waals surface area contributed by atoms with Crippen molar-refractivity contribution < 1.29 is 9.90 Å². The molecular weight excluding hydrogens is 386 g/mol. The quantitative estimate of drug-likeness (QED) is 0.518. The molecule has 0 radical (unpaired) electrons. The molecule has 0 atom stereocenters. The van der Waals surface area contributed by atoms with Gasteiger partial charge in [0, 0.05) is 16.6 Å². The van der Waals surface area contributed by atoms with E-state index in [4.69, 9.17) is 0 Å². The van der Waals surface area contributed by atoms with Crippen molar-refractivity contribution in [2.45, 2.75) is 25.7 Å². The van der Waals surface area contributed by atoms with E-state index in [-0.39, 0.29) is 33.6 Å². The van der Waals surface area contributed by atoms with Crippen molar-refractivity contribution in [2.24, 2.45) is 0 Å². The summed E-state index contributed by atoms with van der Waals surface area (Å²) in [6.07, 6.45) is 5.35. The summed E-state index contributed by atoms with van der Waals surface area (Å²) >= 11 is 1.52. The number of aromatic nitrogens is 2. The molecule has 7 heteroatoms. The van der Waals surface area contributed by atoms with Crippen LogP contribution in [0.25, 0.3) is 15.9 Å². The van der Waals surface area contributed by atoms with E-state index in [1.165, 1.54) is 45.0 Å². The maximum absolute atomic E-state index is 13.3. The molecule has 3 aromatic heterocycles. The first-order valence-electron chi connectivity index (χ1n) is 9.32. The van der Waals surface area contributed by atoms with Crippen LogP contribution < -0.4 is 5.56 Å². The Kier molecular flexibility index (Phi) is 3.96. The minimum Gasteiger partial charge on any atom is -0.507 e. The van der Waals surface area contributed by atoms with Crippen LogP contribution in [0.3, 0.4) is 0 Å². The molecule has 0 amide bonds. The Labute approximate surface area is 169 Å². The van der Waals surface area contributed by atoms with Crippen molar-refractivity contribution in [1.82, 2.24) is 9.38 Å². The predicted molar refractivity (Wildman–Crippen MR) is 110 cm³/mol. The molecule has 0 fully saturated rings. The summed E-state index contributed by atoms with van der Waals surface area (Å²) in [5.41, 5.74) is 1.47. The first kappa shape index (κ1) is 17.6. The Morgan fingerprint density at radius 1 is 1.24 bits per heavy atom. The normalized spacial score (nSPS) is 13.3. The van der Waals surface area contributed by atoms with E-state index < -0.39 is 5.78 Å². The van der Waals surface area contributed by atoms with Crippen LogP contribution in [0.4, 0.5) is 0 Å². The van der Waals surface area contributed by atoms with Crippen molar-refractivity contribution in [3.05, 3.63) is 74.0 Å². The number of nitrogens with zero attached hydrogens (tertiary/aromatic N) is 3. The molecule has 4 aromatic rings. The van der Waals surface area contributed by atoms with Gasteiger partial charge in [-0.05, 0) is 49.4 Å². The smallest absolute Gasteiger partial charge is 0.266 e. The van der Waals surface area contributed by atoms with E-state index in [0.717, 1.165) is 31.2 Å². The van der Waals surface area contributed by atoms with Crippen LogP contribution in [-0.2, 0) is 12.8 Å². The second kappa shape index (κ2) is 6.54. The molecular formula is C22H15N3O3S. The fourth-order valence-corrected chi connectivity index (χ4v) is 5.20. The van der Waals surface area contributed by atoms with Crippen LogP contribution >= 0.6 is 11.3 Å². The summed E-state index contributed by atoms with van der Waals surface area (Å²) < 4.78 is 1.30. The van der Waals surface area contributed by atoms with Gasteiger partial charge in [-0.1, -0.05) is 12.1 Å². The number of para-hydroxylation sites is 1. The second-order valence-electron chi connectivity index (χ2n) is 7.10. The number of thiophene rings is 1. The highest BCUT2D eigenvalue weighted by Gasteiger charge is 2.23. The largest absolute Gasteiger partial charge is 0.507 e. The maximum atomic E-state index is 13.3. The number of rotatable bonds is 2. The average molecular weight is 401 g/mol. The van der Waals surface area contributed by atoms with Gasteiger partial charge in [-0.25, -0.2) is 4.98 Å². The number of phenols is 1. The molecule has 3 heterocycles. The molecule has 1 aliphatic rings. The Balaban J connectivity index is 1.81. The third-order valence-corrected chi connectivity index (χ3v) is 6.55. The fraction of sp³-hybridized carbons (Fsp3) is 0.182. The molecule has 29 heavy (non-hydrogen) atoms. The summed E-state index contributed by atoms with van der Waals surface area (Å²) in [6, 6.07) is 9.68. The van der Waals surface area contributed by atoms with Crippen LogP contribution in [0, 0.1) is 11.3 Å². The molecule has 6 nitrogen and oxygen atoms in total. The van der Waals surface area contributed by atoms with E-state index >= 15 is 0 Å². The second-order valence-corrected chi connectivity index (χ2v) is 8.19.